The normalized spacial score (nSPS) is 13.1. The van der Waals surface area contributed by atoms with Gasteiger partial charge in [-0.1, -0.05) is 200 Å². The zero-order chi connectivity index (χ0) is 46.1. The molecule has 0 unspecified atom stereocenters. The highest BCUT2D eigenvalue weighted by atomic mass is 16.3. The molecule has 0 bridgehead atoms. The maximum absolute atomic E-state index is 6.76. The Morgan fingerprint density at radius 2 is 0.871 bits per heavy atom. The first-order valence-electron chi connectivity index (χ1n) is 24.0. The third-order valence-electron chi connectivity index (χ3n) is 14.3. The third kappa shape index (κ3) is 6.74. The van der Waals surface area contributed by atoms with E-state index in [4.69, 9.17) is 14.4 Å². The lowest BCUT2D eigenvalue weighted by atomic mass is 9.91. The van der Waals surface area contributed by atoms with E-state index in [1.54, 1.807) is 0 Å². The van der Waals surface area contributed by atoms with Crippen molar-refractivity contribution in [3.8, 4) is 33.4 Å². The molecule has 0 atom stereocenters. The predicted octanol–water partition coefficient (Wildman–Crippen LogP) is 18.0. The highest BCUT2D eigenvalue weighted by Gasteiger charge is 2.21. The summed E-state index contributed by atoms with van der Waals surface area (Å²) in [6.45, 7) is 0. The fourth-order valence-electron chi connectivity index (χ4n) is 10.8. The van der Waals surface area contributed by atoms with Gasteiger partial charge in [-0.05, 0) is 141 Å². The summed E-state index contributed by atoms with van der Waals surface area (Å²) >= 11 is 0. The minimum absolute atomic E-state index is 0.636. The smallest absolute Gasteiger partial charge is 0.160 e. The predicted molar refractivity (Wildman–Crippen MR) is 296 cm³/mol. The Kier molecular flexibility index (Phi) is 9.28. The largest absolute Gasteiger partial charge is 0.456 e. The molecule has 0 N–H and O–H groups in total. The Hall–Kier alpha value is -9.18. The molecule has 3 nitrogen and oxygen atoms in total. The van der Waals surface area contributed by atoms with E-state index in [0.29, 0.717) is 12.3 Å². The lowest BCUT2D eigenvalue weighted by Gasteiger charge is -2.14. The molecule has 0 saturated heterocycles. The Labute approximate surface area is 404 Å². The quantitative estimate of drug-likeness (QED) is 0.153. The van der Waals surface area contributed by atoms with Crippen molar-refractivity contribution >= 4 is 93.0 Å². The molecule has 70 heavy (non-hydrogen) atoms. The number of nitrogens with zero attached hydrogens (tertiary/aromatic N) is 2. The summed E-state index contributed by atoms with van der Waals surface area (Å²) in [5.74, 6) is 0.689. The lowest BCUT2D eigenvalue weighted by molar-refractivity contribution is 0.669. The van der Waals surface area contributed by atoms with Crippen LogP contribution in [-0.2, 0) is 0 Å². The molecule has 2 heterocycles. The molecule has 0 saturated carbocycles. The van der Waals surface area contributed by atoms with Gasteiger partial charge in [0, 0.05) is 22.8 Å². The average Bonchev–Trinajstić information content (AvgIpc) is 3.66. The highest BCUT2D eigenvalue weighted by molar-refractivity contribution is 6.23. The number of allylic oxidation sites excluding steroid dienone is 1. The van der Waals surface area contributed by atoms with E-state index in [9.17, 15) is 0 Å². The van der Waals surface area contributed by atoms with E-state index in [0.717, 1.165) is 77.5 Å². The summed E-state index contributed by atoms with van der Waals surface area (Å²) in [7, 11) is 0. The fourth-order valence-corrected chi connectivity index (χ4v) is 10.8. The van der Waals surface area contributed by atoms with Gasteiger partial charge in [-0.3, -0.25) is 0 Å². The van der Waals surface area contributed by atoms with Crippen molar-refractivity contribution in [2.45, 2.75) is 6.42 Å². The van der Waals surface area contributed by atoms with Crippen LogP contribution in [0.3, 0.4) is 0 Å². The van der Waals surface area contributed by atoms with Gasteiger partial charge in [-0.15, -0.1) is 0 Å². The van der Waals surface area contributed by atoms with Crippen LogP contribution in [0.5, 0.6) is 0 Å². The summed E-state index contributed by atoms with van der Waals surface area (Å²) in [5, 5.41) is 14.2. The van der Waals surface area contributed by atoms with Crippen molar-refractivity contribution in [3.63, 3.8) is 0 Å². The monoisotopic (exact) mass is 890 g/mol. The number of aliphatic imine (C=N–C) groups is 2. The van der Waals surface area contributed by atoms with Gasteiger partial charge in [0.25, 0.3) is 0 Å². The Bertz CT molecular complexity index is 4380. The molecule has 1 aliphatic rings. The van der Waals surface area contributed by atoms with Crippen molar-refractivity contribution in [2.75, 3.05) is 0 Å². The molecule has 0 radical (unpaired) electrons. The van der Waals surface area contributed by atoms with Gasteiger partial charge in [0.05, 0.1) is 11.4 Å². The van der Waals surface area contributed by atoms with Crippen LogP contribution in [0.2, 0.25) is 0 Å². The number of hydrogen-bond donors (Lipinski definition) is 0. The molecule has 0 amide bonds. The number of rotatable bonds is 6. The van der Waals surface area contributed by atoms with Gasteiger partial charge in [0.2, 0.25) is 0 Å². The topological polar surface area (TPSA) is 37.9 Å². The molecule has 0 fully saturated rings. The number of hydrogen-bond acceptors (Lipinski definition) is 3. The summed E-state index contributed by atoms with van der Waals surface area (Å²) in [5.41, 5.74) is 13.7. The van der Waals surface area contributed by atoms with Gasteiger partial charge in [0.1, 0.15) is 11.2 Å². The maximum Gasteiger partial charge on any atom is 0.160 e. The van der Waals surface area contributed by atoms with Crippen LogP contribution in [0.1, 0.15) is 23.1 Å². The van der Waals surface area contributed by atoms with Crippen molar-refractivity contribution in [1.82, 2.24) is 0 Å². The summed E-state index contributed by atoms with van der Waals surface area (Å²) in [4.78, 5) is 11.0. The number of fused-ring (bicyclic) bond motifs is 9. The first kappa shape index (κ1) is 39.9. The van der Waals surface area contributed by atoms with Gasteiger partial charge in [-0.25, -0.2) is 9.98 Å². The van der Waals surface area contributed by atoms with Gasteiger partial charge < -0.3 is 4.42 Å². The third-order valence-corrected chi connectivity index (χ3v) is 14.3. The van der Waals surface area contributed by atoms with Crippen LogP contribution >= 0.6 is 0 Å². The maximum atomic E-state index is 6.76. The number of amidine groups is 1. The standard InChI is InChI=1S/C67H42N2O/c1-3-14-46-38-48(30-26-42(46)12-1)44-24-28-45(29-25-44)62-36-37-63(51-31-27-43-13-2-4-15-47(43)39-51)69-67(68-62)59-35-34-57(54-19-8-9-20-55(54)59)58-22-11-23-64-66(58)60-33-32-50(41-65(60)70-64)61-40-49-16-5-6-17-52(49)53-18-7-10-21-56(53)61/h1-36,38-41H,37H2. The molecule has 14 rings (SSSR count). The molecular formula is C67H42N2O. The summed E-state index contributed by atoms with van der Waals surface area (Å²) in [6, 6.07) is 85.1. The molecule has 3 heteroatoms. The minimum atomic E-state index is 0.636. The SMILES string of the molecule is C1=C(c2ccc(-c3ccc4ccccc4c3)cc2)N=C(c2ccc(-c3cccc4oc5cc(-c6cc7ccccc7c7ccccc67)ccc5c34)c3ccccc23)N=C(c2ccc3ccccc3c2)C1. The minimum Gasteiger partial charge on any atom is -0.456 e. The van der Waals surface area contributed by atoms with Gasteiger partial charge >= 0.3 is 0 Å². The molecule has 0 spiro atoms. The molecule has 326 valence electrons. The number of benzene rings is 12. The Morgan fingerprint density at radius 1 is 0.300 bits per heavy atom. The zero-order valence-electron chi connectivity index (χ0n) is 38.1. The van der Waals surface area contributed by atoms with Crippen LogP contribution in [0, 0.1) is 0 Å². The van der Waals surface area contributed by atoms with Crippen LogP contribution in [0.15, 0.2) is 257 Å². The first-order chi connectivity index (χ1) is 34.7. The van der Waals surface area contributed by atoms with Gasteiger partial charge in [0.15, 0.2) is 5.84 Å². The lowest BCUT2D eigenvalue weighted by Crippen LogP contribution is -2.06. The molecule has 12 aromatic carbocycles. The molecule has 0 aliphatic carbocycles. The zero-order valence-corrected chi connectivity index (χ0v) is 38.1. The summed E-state index contributed by atoms with van der Waals surface area (Å²) in [6.07, 6.45) is 2.87. The average molecular weight is 891 g/mol. The fraction of sp³-hybridized carbons (Fsp3) is 0.0149. The Balaban J connectivity index is 0.891. The van der Waals surface area contributed by atoms with Gasteiger partial charge in [-0.2, -0.15) is 0 Å². The van der Waals surface area contributed by atoms with Crippen LogP contribution in [0.25, 0.3) is 115 Å². The van der Waals surface area contributed by atoms with Crippen LogP contribution in [-0.4, -0.2) is 11.5 Å². The Morgan fingerprint density at radius 3 is 1.63 bits per heavy atom. The molecule has 1 aromatic heterocycles. The second-order valence-electron chi connectivity index (χ2n) is 18.4. The second kappa shape index (κ2) is 16.3. The van der Waals surface area contributed by atoms with Crippen molar-refractivity contribution < 1.29 is 4.42 Å². The van der Waals surface area contributed by atoms with Crippen molar-refractivity contribution in [3.05, 3.63) is 259 Å². The van der Waals surface area contributed by atoms with Crippen LogP contribution < -0.4 is 0 Å². The van der Waals surface area contributed by atoms with Crippen LogP contribution in [0.4, 0.5) is 0 Å². The molecule has 13 aromatic rings. The van der Waals surface area contributed by atoms with Crippen molar-refractivity contribution in [1.29, 1.82) is 0 Å². The second-order valence-corrected chi connectivity index (χ2v) is 18.4. The van der Waals surface area contributed by atoms with E-state index in [-0.39, 0.29) is 0 Å². The summed E-state index contributed by atoms with van der Waals surface area (Å²) < 4.78 is 6.76. The molecular weight excluding hydrogens is 849 g/mol. The van der Waals surface area contributed by atoms with E-state index in [1.807, 2.05) is 0 Å². The highest BCUT2D eigenvalue weighted by Crippen LogP contribution is 2.43. The first-order valence-corrected chi connectivity index (χ1v) is 24.0. The van der Waals surface area contributed by atoms with E-state index >= 15 is 0 Å². The van der Waals surface area contributed by atoms with E-state index in [2.05, 4.69) is 243 Å². The van der Waals surface area contributed by atoms with E-state index in [1.165, 1.54) is 59.8 Å². The van der Waals surface area contributed by atoms with E-state index < -0.39 is 0 Å². The van der Waals surface area contributed by atoms with Crippen molar-refractivity contribution in [2.24, 2.45) is 9.98 Å². The number of furan rings is 1. The molecule has 1 aliphatic heterocycles.